The highest BCUT2D eigenvalue weighted by molar-refractivity contribution is 5.61. The molecule has 1 atom stereocenters. The number of ether oxygens (including phenoxy) is 4. The fourth-order valence-corrected chi connectivity index (χ4v) is 2.90. The van der Waals surface area contributed by atoms with E-state index in [1.54, 1.807) is 21.3 Å². The third-order valence-electron chi connectivity index (χ3n) is 4.16. The van der Waals surface area contributed by atoms with Gasteiger partial charge >= 0.3 is 0 Å². The van der Waals surface area contributed by atoms with Crippen LogP contribution in [0.2, 0.25) is 0 Å². The van der Waals surface area contributed by atoms with Crippen molar-refractivity contribution >= 4 is 5.69 Å². The largest absolute Gasteiger partial charge is 0.494 e. The van der Waals surface area contributed by atoms with E-state index >= 15 is 0 Å². The number of methoxy groups -OCH3 is 3. The lowest BCUT2D eigenvalue weighted by Crippen LogP contribution is -1.99. The van der Waals surface area contributed by atoms with Crippen LogP contribution >= 0.6 is 0 Å². The predicted octanol–water partition coefficient (Wildman–Crippen LogP) is 3.67. The normalized spacial score (nSPS) is 15.8. The Morgan fingerprint density at radius 1 is 0.958 bits per heavy atom. The molecule has 0 saturated carbocycles. The van der Waals surface area contributed by atoms with Gasteiger partial charge in [0.25, 0.3) is 0 Å². The lowest BCUT2D eigenvalue weighted by atomic mass is 10.1. The molecule has 3 rings (SSSR count). The Balaban J connectivity index is 1.81. The Kier molecular flexibility index (Phi) is 4.69. The molecule has 5 nitrogen and oxygen atoms in total. The van der Waals surface area contributed by atoms with E-state index in [1.165, 1.54) is 5.69 Å². The van der Waals surface area contributed by atoms with Crippen LogP contribution in [0.5, 0.6) is 23.0 Å². The topological polar surface area (TPSA) is 39.9 Å². The fraction of sp³-hybridized carbons (Fsp3) is 0.368. The first-order valence-electron chi connectivity index (χ1n) is 8.01. The third-order valence-corrected chi connectivity index (χ3v) is 4.16. The smallest absolute Gasteiger partial charge is 0.203 e. The first-order chi connectivity index (χ1) is 11.7. The first kappa shape index (κ1) is 16.3. The molecular weight excluding hydrogens is 306 g/mol. The van der Waals surface area contributed by atoms with E-state index in [-0.39, 0.29) is 0 Å². The molecule has 1 saturated heterocycles. The quantitative estimate of drug-likeness (QED) is 0.725. The first-order valence-corrected chi connectivity index (χ1v) is 8.01. The van der Waals surface area contributed by atoms with Crippen molar-refractivity contribution in [2.24, 2.45) is 0 Å². The molecule has 2 aromatic rings. The van der Waals surface area contributed by atoms with E-state index in [0.717, 1.165) is 17.9 Å². The zero-order chi connectivity index (χ0) is 17.1. The van der Waals surface area contributed by atoms with Crippen LogP contribution in [0.4, 0.5) is 5.69 Å². The minimum absolute atomic E-state index is 0.316. The Morgan fingerprint density at radius 2 is 1.58 bits per heavy atom. The van der Waals surface area contributed by atoms with E-state index in [9.17, 15) is 0 Å². The summed E-state index contributed by atoms with van der Waals surface area (Å²) in [5.74, 6) is 2.89. The maximum Gasteiger partial charge on any atom is 0.203 e. The molecule has 1 unspecified atom stereocenters. The van der Waals surface area contributed by atoms with Gasteiger partial charge in [0.2, 0.25) is 5.75 Å². The van der Waals surface area contributed by atoms with E-state index in [2.05, 4.69) is 17.0 Å². The average Bonchev–Trinajstić information content (AvgIpc) is 3.42. The molecule has 0 bridgehead atoms. The number of anilines is 1. The van der Waals surface area contributed by atoms with Crippen molar-refractivity contribution in [1.29, 1.82) is 0 Å². The highest BCUT2D eigenvalue weighted by atomic mass is 16.5. The molecule has 2 aromatic carbocycles. The molecule has 24 heavy (non-hydrogen) atoms. The van der Waals surface area contributed by atoms with E-state index < -0.39 is 0 Å². The second-order valence-corrected chi connectivity index (χ2v) is 5.55. The van der Waals surface area contributed by atoms with Gasteiger partial charge in [-0.25, -0.2) is 0 Å². The van der Waals surface area contributed by atoms with Gasteiger partial charge in [-0.15, -0.1) is 0 Å². The molecule has 1 heterocycles. The second-order valence-electron chi connectivity index (χ2n) is 5.55. The van der Waals surface area contributed by atoms with Crippen LogP contribution in [-0.2, 0) is 0 Å². The zero-order valence-electron chi connectivity index (χ0n) is 14.5. The molecule has 1 fully saturated rings. The van der Waals surface area contributed by atoms with Crippen molar-refractivity contribution in [1.82, 2.24) is 0 Å². The number of benzene rings is 2. The van der Waals surface area contributed by atoms with E-state index in [1.807, 2.05) is 31.2 Å². The van der Waals surface area contributed by atoms with E-state index in [0.29, 0.717) is 29.9 Å². The van der Waals surface area contributed by atoms with Gasteiger partial charge < -0.3 is 23.8 Å². The summed E-state index contributed by atoms with van der Waals surface area (Å²) < 4.78 is 21.8. The average molecular weight is 329 g/mol. The van der Waals surface area contributed by atoms with Crippen LogP contribution in [-0.4, -0.2) is 34.5 Å². The van der Waals surface area contributed by atoms with Gasteiger partial charge in [0.05, 0.1) is 34.0 Å². The number of rotatable bonds is 7. The minimum Gasteiger partial charge on any atom is -0.494 e. The summed E-state index contributed by atoms with van der Waals surface area (Å²) in [4.78, 5) is 2.32. The van der Waals surface area contributed by atoms with Crippen molar-refractivity contribution < 1.29 is 18.9 Å². The number of hydrogen-bond acceptors (Lipinski definition) is 5. The molecule has 128 valence electrons. The molecule has 0 spiro atoms. The maximum absolute atomic E-state index is 5.49. The summed E-state index contributed by atoms with van der Waals surface area (Å²) in [6.07, 6.45) is 0. The molecule has 1 aliphatic heterocycles. The van der Waals surface area contributed by atoms with Crippen molar-refractivity contribution in [2.75, 3.05) is 39.4 Å². The molecule has 5 heteroatoms. The summed E-state index contributed by atoms with van der Waals surface area (Å²) in [5.41, 5.74) is 2.33. The maximum atomic E-state index is 5.49. The van der Waals surface area contributed by atoms with Gasteiger partial charge in [-0.3, -0.25) is 0 Å². The van der Waals surface area contributed by atoms with Crippen molar-refractivity contribution in [3.8, 4) is 23.0 Å². The van der Waals surface area contributed by atoms with Crippen LogP contribution in [0.1, 0.15) is 18.5 Å². The van der Waals surface area contributed by atoms with Crippen molar-refractivity contribution in [3.05, 3.63) is 42.0 Å². The van der Waals surface area contributed by atoms with Crippen molar-refractivity contribution in [3.63, 3.8) is 0 Å². The van der Waals surface area contributed by atoms with Crippen molar-refractivity contribution in [2.45, 2.75) is 13.0 Å². The number of hydrogen-bond donors (Lipinski definition) is 0. The van der Waals surface area contributed by atoms with Gasteiger partial charge in [0, 0.05) is 12.2 Å². The van der Waals surface area contributed by atoms with Gasteiger partial charge in [-0.05, 0) is 48.9 Å². The van der Waals surface area contributed by atoms with Gasteiger partial charge in [0.15, 0.2) is 11.5 Å². The predicted molar refractivity (Wildman–Crippen MR) is 93.8 cm³/mol. The molecule has 0 radical (unpaired) electrons. The van der Waals surface area contributed by atoms with Crippen LogP contribution in [0.15, 0.2) is 36.4 Å². The SMILES string of the molecule is CCOc1ccc(N2CC2c2cc(OC)c(OC)c(OC)c2)cc1. The Morgan fingerprint density at radius 3 is 2.08 bits per heavy atom. The van der Waals surface area contributed by atoms with Crippen LogP contribution in [0, 0.1) is 0 Å². The lowest BCUT2D eigenvalue weighted by Gasteiger charge is -2.14. The second kappa shape index (κ2) is 6.91. The number of nitrogens with zero attached hydrogens (tertiary/aromatic N) is 1. The Labute approximate surface area is 142 Å². The molecular formula is C19H23NO4. The zero-order valence-corrected chi connectivity index (χ0v) is 14.5. The molecule has 0 amide bonds. The fourth-order valence-electron chi connectivity index (χ4n) is 2.90. The summed E-state index contributed by atoms with van der Waals surface area (Å²) in [5, 5.41) is 0. The van der Waals surface area contributed by atoms with Gasteiger partial charge in [-0.1, -0.05) is 0 Å². The highest BCUT2D eigenvalue weighted by Gasteiger charge is 2.36. The highest BCUT2D eigenvalue weighted by Crippen LogP contribution is 2.46. The monoisotopic (exact) mass is 329 g/mol. The molecule has 0 aromatic heterocycles. The molecule has 1 aliphatic rings. The lowest BCUT2D eigenvalue weighted by molar-refractivity contribution is 0.324. The Bertz CT molecular complexity index is 674. The summed E-state index contributed by atoms with van der Waals surface area (Å²) in [7, 11) is 4.89. The van der Waals surface area contributed by atoms with Crippen LogP contribution < -0.4 is 23.8 Å². The van der Waals surface area contributed by atoms with E-state index in [4.69, 9.17) is 18.9 Å². The standard InChI is InChI=1S/C19H23NO4/c1-5-24-15-8-6-14(7-9-15)20-12-16(20)13-10-17(21-2)19(23-4)18(11-13)22-3/h6-11,16H,5,12H2,1-4H3. The van der Waals surface area contributed by atoms with Gasteiger partial charge in [0.1, 0.15) is 5.75 Å². The van der Waals surface area contributed by atoms with Gasteiger partial charge in [-0.2, -0.15) is 0 Å². The van der Waals surface area contributed by atoms with Crippen LogP contribution in [0.3, 0.4) is 0 Å². The summed E-state index contributed by atoms with van der Waals surface area (Å²) in [6.45, 7) is 3.63. The summed E-state index contributed by atoms with van der Waals surface area (Å²) in [6, 6.07) is 12.5. The molecule has 0 aliphatic carbocycles. The Hall–Kier alpha value is -2.56. The molecule has 0 N–H and O–H groups in total. The summed E-state index contributed by atoms with van der Waals surface area (Å²) >= 11 is 0. The van der Waals surface area contributed by atoms with Crippen LogP contribution in [0.25, 0.3) is 0 Å². The minimum atomic E-state index is 0.316. The third kappa shape index (κ3) is 3.07.